The van der Waals surface area contributed by atoms with E-state index in [2.05, 4.69) is 35.4 Å². The van der Waals surface area contributed by atoms with E-state index >= 15 is 0 Å². The Morgan fingerprint density at radius 3 is 2.60 bits per heavy atom. The normalized spacial score (nSPS) is 11.9. The molecule has 0 aliphatic carbocycles. The quantitative estimate of drug-likeness (QED) is 0.866. The van der Waals surface area contributed by atoms with Crippen molar-refractivity contribution in [1.82, 2.24) is 4.98 Å². The van der Waals surface area contributed by atoms with Crippen LogP contribution in [-0.2, 0) is 6.42 Å². The van der Waals surface area contributed by atoms with Crippen molar-refractivity contribution < 1.29 is 4.74 Å². The van der Waals surface area contributed by atoms with Crippen LogP contribution in [0, 0.1) is 6.92 Å². The van der Waals surface area contributed by atoms with Crippen molar-refractivity contribution in [3.05, 3.63) is 53.9 Å². The van der Waals surface area contributed by atoms with Crippen molar-refractivity contribution in [2.45, 2.75) is 32.7 Å². The van der Waals surface area contributed by atoms with Crippen molar-refractivity contribution in [3.8, 4) is 5.75 Å². The van der Waals surface area contributed by atoms with Crippen LogP contribution in [0.15, 0.2) is 42.6 Å². The molecule has 1 heterocycles. The van der Waals surface area contributed by atoms with E-state index in [-0.39, 0.29) is 0 Å². The number of hydrogen-bond donors (Lipinski definition) is 1. The lowest BCUT2D eigenvalue weighted by atomic mass is 10.1. The van der Waals surface area contributed by atoms with E-state index in [9.17, 15) is 0 Å². The molecule has 1 unspecified atom stereocenters. The average molecular weight is 270 g/mol. The Bertz CT molecular complexity index is 537. The molecule has 0 saturated heterocycles. The first-order valence-corrected chi connectivity index (χ1v) is 7.00. The van der Waals surface area contributed by atoms with Crippen LogP contribution in [0.4, 0.5) is 5.69 Å². The van der Waals surface area contributed by atoms with Crippen molar-refractivity contribution in [2.24, 2.45) is 0 Å². The monoisotopic (exact) mass is 270 g/mol. The van der Waals surface area contributed by atoms with Crippen LogP contribution in [0.2, 0.25) is 0 Å². The summed E-state index contributed by atoms with van der Waals surface area (Å²) < 4.78 is 5.17. The molecule has 0 radical (unpaired) electrons. The highest BCUT2D eigenvalue weighted by Crippen LogP contribution is 2.16. The van der Waals surface area contributed by atoms with Gasteiger partial charge in [-0.15, -0.1) is 0 Å². The zero-order chi connectivity index (χ0) is 14.4. The van der Waals surface area contributed by atoms with Gasteiger partial charge in [-0.3, -0.25) is 4.98 Å². The zero-order valence-electron chi connectivity index (χ0n) is 12.4. The molecule has 1 atom stereocenters. The van der Waals surface area contributed by atoms with Crippen LogP contribution < -0.4 is 10.1 Å². The van der Waals surface area contributed by atoms with Gasteiger partial charge < -0.3 is 10.1 Å². The number of pyridine rings is 1. The molecule has 0 fully saturated rings. The Balaban J connectivity index is 1.85. The van der Waals surface area contributed by atoms with Crippen LogP contribution in [0.1, 0.15) is 24.6 Å². The first-order valence-electron chi connectivity index (χ1n) is 7.00. The molecular formula is C17H22N2O. The Morgan fingerprint density at radius 2 is 1.95 bits per heavy atom. The molecule has 0 bridgehead atoms. The molecule has 0 aliphatic heterocycles. The molecule has 2 rings (SSSR count). The summed E-state index contributed by atoms with van der Waals surface area (Å²) in [5.74, 6) is 0.908. The SMILES string of the molecule is COc1ccc(CCC(C)Nc2cccnc2C)cc1. The third-order valence-corrected chi connectivity index (χ3v) is 3.43. The maximum absolute atomic E-state index is 5.17. The number of aromatic nitrogens is 1. The topological polar surface area (TPSA) is 34.1 Å². The summed E-state index contributed by atoms with van der Waals surface area (Å²) in [5.41, 5.74) is 3.50. The third-order valence-electron chi connectivity index (χ3n) is 3.43. The van der Waals surface area contributed by atoms with E-state index in [1.807, 2.05) is 31.3 Å². The number of benzene rings is 1. The van der Waals surface area contributed by atoms with Gasteiger partial charge in [-0.2, -0.15) is 0 Å². The number of nitrogens with zero attached hydrogens (tertiary/aromatic N) is 1. The highest BCUT2D eigenvalue weighted by molar-refractivity contribution is 5.47. The van der Waals surface area contributed by atoms with Gasteiger partial charge in [0, 0.05) is 12.2 Å². The number of anilines is 1. The van der Waals surface area contributed by atoms with Crippen molar-refractivity contribution >= 4 is 5.69 Å². The van der Waals surface area contributed by atoms with Crippen LogP contribution in [-0.4, -0.2) is 18.1 Å². The number of hydrogen-bond acceptors (Lipinski definition) is 3. The van der Waals surface area contributed by atoms with Gasteiger partial charge in [-0.25, -0.2) is 0 Å². The second-order valence-corrected chi connectivity index (χ2v) is 5.07. The van der Waals surface area contributed by atoms with Gasteiger partial charge in [0.15, 0.2) is 0 Å². The second-order valence-electron chi connectivity index (χ2n) is 5.07. The summed E-state index contributed by atoms with van der Waals surface area (Å²) in [6.07, 6.45) is 3.96. The lowest BCUT2D eigenvalue weighted by Crippen LogP contribution is -2.16. The number of rotatable bonds is 6. The summed E-state index contributed by atoms with van der Waals surface area (Å²) in [6.45, 7) is 4.23. The molecule has 0 aliphatic rings. The van der Waals surface area contributed by atoms with E-state index in [0.29, 0.717) is 6.04 Å². The molecular weight excluding hydrogens is 248 g/mol. The van der Waals surface area contributed by atoms with Crippen LogP contribution in [0.3, 0.4) is 0 Å². The molecule has 1 N–H and O–H groups in total. The first kappa shape index (κ1) is 14.4. The number of methoxy groups -OCH3 is 1. The molecule has 106 valence electrons. The van der Waals surface area contributed by atoms with E-state index in [4.69, 9.17) is 4.74 Å². The number of aryl methyl sites for hydroxylation is 2. The molecule has 0 spiro atoms. The van der Waals surface area contributed by atoms with Crippen LogP contribution >= 0.6 is 0 Å². The Kier molecular flexibility index (Phi) is 4.99. The van der Waals surface area contributed by atoms with Crippen molar-refractivity contribution in [3.63, 3.8) is 0 Å². The fourth-order valence-corrected chi connectivity index (χ4v) is 2.15. The maximum Gasteiger partial charge on any atom is 0.118 e. The van der Waals surface area contributed by atoms with Gasteiger partial charge in [0.2, 0.25) is 0 Å². The van der Waals surface area contributed by atoms with Crippen molar-refractivity contribution in [2.75, 3.05) is 12.4 Å². The minimum atomic E-state index is 0.417. The highest BCUT2D eigenvalue weighted by Gasteiger charge is 2.05. The summed E-state index contributed by atoms with van der Waals surface area (Å²) >= 11 is 0. The molecule has 3 nitrogen and oxygen atoms in total. The third kappa shape index (κ3) is 3.98. The number of nitrogens with one attached hydrogen (secondary N) is 1. The lowest BCUT2D eigenvalue weighted by Gasteiger charge is -2.16. The summed E-state index contributed by atoms with van der Waals surface area (Å²) in [6, 6.07) is 12.7. The predicted molar refractivity (Wildman–Crippen MR) is 83.4 cm³/mol. The van der Waals surface area contributed by atoms with Gasteiger partial charge in [0.05, 0.1) is 18.5 Å². The minimum absolute atomic E-state index is 0.417. The minimum Gasteiger partial charge on any atom is -0.497 e. The lowest BCUT2D eigenvalue weighted by molar-refractivity contribution is 0.414. The van der Waals surface area contributed by atoms with E-state index in [1.54, 1.807) is 7.11 Å². The van der Waals surface area contributed by atoms with Gasteiger partial charge in [-0.05, 0) is 56.5 Å². The summed E-state index contributed by atoms with van der Waals surface area (Å²) in [4.78, 5) is 4.29. The highest BCUT2D eigenvalue weighted by atomic mass is 16.5. The molecule has 3 heteroatoms. The van der Waals surface area contributed by atoms with E-state index < -0.39 is 0 Å². The predicted octanol–water partition coefficient (Wildman–Crippen LogP) is 3.83. The Morgan fingerprint density at radius 1 is 1.20 bits per heavy atom. The van der Waals surface area contributed by atoms with Crippen LogP contribution in [0.25, 0.3) is 0 Å². The first-order chi connectivity index (χ1) is 9.69. The van der Waals surface area contributed by atoms with E-state index in [1.165, 1.54) is 5.56 Å². The molecule has 1 aromatic carbocycles. The Hall–Kier alpha value is -2.03. The fourth-order valence-electron chi connectivity index (χ4n) is 2.15. The zero-order valence-corrected chi connectivity index (χ0v) is 12.4. The molecule has 1 aromatic heterocycles. The van der Waals surface area contributed by atoms with Gasteiger partial charge in [0.25, 0.3) is 0 Å². The maximum atomic E-state index is 5.17. The number of ether oxygens (including phenoxy) is 1. The summed E-state index contributed by atoms with van der Waals surface area (Å²) in [5, 5.41) is 3.52. The summed E-state index contributed by atoms with van der Waals surface area (Å²) in [7, 11) is 1.69. The van der Waals surface area contributed by atoms with Crippen molar-refractivity contribution in [1.29, 1.82) is 0 Å². The molecule has 0 saturated carbocycles. The van der Waals surface area contributed by atoms with Gasteiger partial charge in [-0.1, -0.05) is 12.1 Å². The molecule has 2 aromatic rings. The molecule has 0 amide bonds. The van der Waals surface area contributed by atoms with E-state index in [0.717, 1.165) is 30.0 Å². The van der Waals surface area contributed by atoms with Gasteiger partial charge in [0.1, 0.15) is 5.75 Å². The standard InChI is InChI=1S/C17H22N2O/c1-13(19-17-5-4-12-18-14(17)2)6-7-15-8-10-16(20-3)11-9-15/h4-5,8-13,19H,6-7H2,1-3H3. The van der Waals surface area contributed by atoms with Gasteiger partial charge >= 0.3 is 0 Å². The average Bonchev–Trinajstić information content (AvgIpc) is 2.48. The Labute approximate surface area is 121 Å². The largest absolute Gasteiger partial charge is 0.497 e. The molecule has 20 heavy (non-hydrogen) atoms. The second kappa shape index (κ2) is 6.94. The fraction of sp³-hybridized carbons (Fsp3) is 0.353. The van der Waals surface area contributed by atoms with Crippen LogP contribution in [0.5, 0.6) is 5.75 Å². The smallest absolute Gasteiger partial charge is 0.118 e.